The minimum absolute atomic E-state index is 0.000338. The molecule has 6 atom stereocenters. The van der Waals surface area contributed by atoms with Crippen LogP contribution < -0.4 is 5.73 Å². The van der Waals surface area contributed by atoms with Gasteiger partial charge >= 0.3 is 0 Å². The average molecular weight is 456 g/mol. The van der Waals surface area contributed by atoms with Gasteiger partial charge in [0.2, 0.25) is 5.78 Å². The summed E-state index contributed by atoms with van der Waals surface area (Å²) in [5, 5.41) is 55.7. The molecule has 4 aliphatic rings. The molecule has 4 aliphatic carbocycles. The van der Waals surface area contributed by atoms with Crippen LogP contribution in [0, 0.1) is 11.3 Å². The fourth-order valence-corrected chi connectivity index (χ4v) is 6.64. The van der Waals surface area contributed by atoms with E-state index in [9.17, 15) is 39.9 Å². The lowest BCUT2D eigenvalue weighted by molar-refractivity contribution is -0.171. The summed E-state index contributed by atoms with van der Waals surface area (Å²) in [5.41, 5.74) is -0.641. The Morgan fingerprint density at radius 3 is 2.39 bits per heavy atom. The second kappa shape index (κ2) is 6.02. The first kappa shape index (κ1) is 21.6. The van der Waals surface area contributed by atoms with Crippen molar-refractivity contribution in [2.75, 3.05) is 14.1 Å². The Morgan fingerprint density at radius 2 is 1.82 bits per heavy atom. The molecule has 0 aliphatic heterocycles. The SMILES string of the molecule is CN(C)[C@@H]1C(=O)C(C(N)=O)=C(O)[C@@]2(O)C(=O)C3=C(O)c4c(O)cccc4[C@@]4(C)C[C@]34[C@H](O)[C@@H]12. The van der Waals surface area contributed by atoms with Gasteiger partial charge in [0.15, 0.2) is 11.4 Å². The summed E-state index contributed by atoms with van der Waals surface area (Å²) < 4.78 is 0. The number of nitrogens with zero attached hydrogens (tertiary/aromatic N) is 1. The predicted octanol–water partition coefficient (Wildman–Crippen LogP) is -0.576. The maximum absolute atomic E-state index is 13.9. The quantitative estimate of drug-likeness (QED) is 0.317. The molecule has 1 spiro atoms. The van der Waals surface area contributed by atoms with Gasteiger partial charge in [-0.25, -0.2) is 0 Å². The van der Waals surface area contributed by atoms with Crippen LogP contribution in [0.3, 0.4) is 0 Å². The van der Waals surface area contributed by atoms with E-state index >= 15 is 0 Å². The van der Waals surface area contributed by atoms with Crippen LogP contribution >= 0.6 is 0 Å². The summed E-state index contributed by atoms with van der Waals surface area (Å²) >= 11 is 0. The number of primary amides is 1. The molecular formula is C23H24N2O8. The lowest BCUT2D eigenvalue weighted by atomic mass is 9.53. The summed E-state index contributed by atoms with van der Waals surface area (Å²) in [6.07, 6.45) is -1.39. The van der Waals surface area contributed by atoms with Crippen LogP contribution in [0.25, 0.3) is 5.76 Å². The zero-order valence-corrected chi connectivity index (χ0v) is 18.2. The number of hydrogen-bond donors (Lipinski definition) is 6. The Morgan fingerprint density at radius 1 is 1.18 bits per heavy atom. The molecule has 2 saturated carbocycles. The van der Waals surface area contributed by atoms with E-state index in [2.05, 4.69) is 0 Å². The van der Waals surface area contributed by atoms with Gasteiger partial charge in [0, 0.05) is 10.8 Å². The fraction of sp³-hybridized carbons (Fsp3) is 0.435. The van der Waals surface area contributed by atoms with Gasteiger partial charge in [-0.1, -0.05) is 19.1 Å². The molecule has 0 unspecified atom stereocenters. The minimum Gasteiger partial charge on any atom is -0.508 e. The lowest BCUT2D eigenvalue weighted by Crippen LogP contribution is -2.71. The number of amides is 1. The fourth-order valence-electron chi connectivity index (χ4n) is 6.64. The number of aromatic hydroxyl groups is 1. The van der Waals surface area contributed by atoms with E-state index in [1.54, 1.807) is 19.1 Å². The Bertz CT molecular complexity index is 1250. The zero-order valence-electron chi connectivity index (χ0n) is 18.2. The number of aliphatic hydroxyl groups excluding tert-OH is 3. The molecule has 1 amide bonds. The molecule has 0 aromatic heterocycles. The van der Waals surface area contributed by atoms with Gasteiger partial charge < -0.3 is 31.3 Å². The van der Waals surface area contributed by atoms with Crippen LogP contribution in [-0.4, -0.2) is 79.7 Å². The Balaban J connectivity index is 1.87. The first-order valence-electron chi connectivity index (χ1n) is 10.4. The van der Waals surface area contributed by atoms with E-state index in [0.29, 0.717) is 5.56 Å². The first-order chi connectivity index (χ1) is 15.3. The largest absolute Gasteiger partial charge is 0.508 e. The Kier molecular flexibility index (Phi) is 3.94. The Hall–Kier alpha value is -3.21. The topological polar surface area (TPSA) is 182 Å². The van der Waals surface area contributed by atoms with Crippen molar-refractivity contribution in [2.24, 2.45) is 17.1 Å². The highest BCUT2D eigenvalue weighted by Crippen LogP contribution is 2.78. The molecule has 1 aromatic rings. The molecule has 10 nitrogen and oxygen atoms in total. The third kappa shape index (κ3) is 2.07. The van der Waals surface area contributed by atoms with Crippen LogP contribution in [-0.2, 0) is 19.8 Å². The number of hydrogen-bond acceptors (Lipinski definition) is 9. The summed E-state index contributed by atoms with van der Waals surface area (Å²) in [7, 11) is 2.95. The van der Waals surface area contributed by atoms with Crippen molar-refractivity contribution in [3.63, 3.8) is 0 Å². The predicted molar refractivity (Wildman–Crippen MR) is 113 cm³/mol. The Labute approximate surface area is 188 Å². The number of benzene rings is 1. The second-order valence-electron chi connectivity index (χ2n) is 9.83. The van der Waals surface area contributed by atoms with E-state index in [4.69, 9.17) is 5.73 Å². The summed E-state index contributed by atoms with van der Waals surface area (Å²) in [4.78, 5) is 40.4. The van der Waals surface area contributed by atoms with Gasteiger partial charge in [0.1, 0.15) is 22.8 Å². The van der Waals surface area contributed by atoms with E-state index < -0.39 is 69.1 Å². The van der Waals surface area contributed by atoms with E-state index in [1.807, 2.05) is 0 Å². The van der Waals surface area contributed by atoms with Crippen molar-refractivity contribution in [2.45, 2.75) is 36.5 Å². The van der Waals surface area contributed by atoms with E-state index in [1.165, 1.54) is 25.1 Å². The number of phenols is 1. The highest BCUT2D eigenvalue weighted by molar-refractivity contribution is 6.25. The highest BCUT2D eigenvalue weighted by atomic mass is 16.4. The third-order valence-electron chi connectivity index (χ3n) is 8.21. The summed E-state index contributed by atoms with van der Waals surface area (Å²) in [6, 6.07) is 3.23. The van der Waals surface area contributed by atoms with Crippen LogP contribution in [0.15, 0.2) is 35.1 Å². The number of rotatable bonds is 2. The molecule has 0 radical (unpaired) electrons. The van der Waals surface area contributed by atoms with Crippen molar-refractivity contribution < 1.29 is 39.9 Å². The molecule has 0 bridgehead atoms. The van der Waals surface area contributed by atoms with Crippen molar-refractivity contribution in [3.05, 3.63) is 46.2 Å². The van der Waals surface area contributed by atoms with Crippen LogP contribution in [0.1, 0.15) is 24.5 Å². The van der Waals surface area contributed by atoms with Crippen LogP contribution in [0.4, 0.5) is 0 Å². The minimum atomic E-state index is -2.90. The number of ketones is 2. The number of nitrogens with two attached hydrogens (primary N) is 1. The number of carbonyl (C=O) groups excluding carboxylic acids is 3. The number of Topliss-reactive ketones (excluding diaryl/α,β-unsaturated/α-hetero) is 2. The second-order valence-corrected chi connectivity index (χ2v) is 9.83. The molecule has 174 valence electrons. The molecule has 2 fully saturated rings. The molecule has 7 N–H and O–H groups in total. The van der Waals surface area contributed by atoms with Crippen molar-refractivity contribution >= 4 is 23.2 Å². The molecule has 1 aromatic carbocycles. The first-order valence-corrected chi connectivity index (χ1v) is 10.4. The number of fused-ring (bicyclic) bond motifs is 3. The van der Waals surface area contributed by atoms with Crippen LogP contribution in [0.2, 0.25) is 0 Å². The normalized spacial score (nSPS) is 39.2. The van der Waals surface area contributed by atoms with Gasteiger partial charge in [-0.15, -0.1) is 0 Å². The molecule has 10 heteroatoms. The van der Waals surface area contributed by atoms with E-state index in [-0.39, 0.29) is 23.3 Å². The van der Waals surface area contributed by atoms with Gasteiger partial charge in [-0.3, -0.25) is 19.3 Å². The van der Waals surface area contributed by atoms with Crippen molar-refractivity contribution in [3.8, 4) is 5.75 Å². The molecular weight excluding hydrogens is 432 g/mol. The number of phenolic OH excluding ortho intramolecular Hbond substituents is 1. The van der Waals surface area contributed by atoms with Gasteiger partial charge in [-0.2, -0.15) is 0 Å². The average Bonchev–Trinajstić information content (AvgIpc) is 3.36. The standard InChI is InChI=1S/C23H24N2O8/c1-21-7-22(21)13(15(27)10-8(21)5-4-6-9(10)26)19(31)23(33)12(18(22)30)14(25(2)3)16(28)11(17(23)29)20(24)32/h4-6,12,14,18,26-27,29-30,33H,7H2,1-3H3,(H2,24,32)/t12-,14+,18-,21-,22-,23-/m1/s1. The van der Waals surface area contributed by atoms with Crippen molar-refractivity contribution in [1.29, 1.82) is 0 Å². The van der Waals surface area contributed by atoms with Gasteiger partial charge in [-0.05, 0) is 32.1 Å². The molecule has 0 heterocycles. The molecule has 5 rings (SSSR count). The number of aliphatic hydroxyl groups is 4. The summed E-state index contributed by atoms with van der Waals surface area (Å²) in [6.45, 7) is 1.76. The van der Waals surface area contributed by atoms with Gasteiger partial charge in [0.05, 0.1) is 29.2 Å². The number of likely N-dealkylation sites (N-methyl/N-ethyl adjacent to an activating group) is 1. The van der Waals surface area contributed by atoms with Crippen LogP contribution in [0.5, 0.6) is 5.75 Å². The lowest BCUT2D eigenvalue weighted by Gasteiger charge is -2.54. The maximum atomic E-state index is 13.9. The molecule has 0 saturated heterocycles. The highest BCUT2D eigenvalue weighted by Gasteiger charge is 2.82. The third-order valence-corrected chi connectivity index (χ3v) is 8.21. The zero-order chi connectivity index (χ0) is 24.4. The maximum Gasteiger partial charge on any atom is 0.255 e. The smallest absolute Gasteiger partial charge is 0.255 e. The number of carbonyl (C=O) groups is 3. The van der Waals surface area contributed by atoms with Gasteiger partial charge in [0.25, 0.3) is 5.91 Å². The van der Waals surface area contributed by atoms with E-state index in [0.717, 1.165) is 0 Å². The van der Waals surface area contributed by atoms with Crippen molar-refractivity contribution in [1.82, 2.24) is 4.90 Å². The molecule has 33 heavy (non-hydrogen) atoms. The monoisotopic (exact) mass is 456 g/mol. The summed E-state index contributed by atoms with van der Waals surface area (Å²) in [5.74, 6) is -7.11.